The Balaban J connectivity index is 1.92. The monoisotopic (exact) mass is 278 g/mol. The fourth-order valence-electron chi connectivity index (χ4n) is 3.67. The molecule has 0 aromatic carbocycles. The van der Waals surface area contributed by atoms with Gasteiger partial charge >= 0.3 is 0 Å². The van der Waals surface area contributed by atoms with E-state index in [9.17, 15) is 15.0 Å². The van der Waals surface area contributed by atoms with Crippen LogP contribution in [-0.2, 0) is 4.79 Å². The standard InChI is InChI=1S/C17H26O3/c1-3-4-5-11(2)16(19)7-6-14-15-10-13(18)8-12(15)9-17(14)20/h3,6-7,11-12,14-17,19-20H,1,4-5,8-10H2,2H3/b7-6-. The van der Waals surface area contributed by atoms with E-state index in [0.29, 0.717) is 24.5 Å². The van der Waals surface area contributed by atoms with Crippen LogP contribution >= 0.6 is 0 Å². The third kappa shape index (κ3) is 3.39. The van der Waals surface area contributed by atoms with Crippen molar-refractivity contribution in [2.75, 3.05) is 0 Å². The summed E-state index contributed by atoms with van der Waals surface area (Å²) in [6.45, 7) is 5.71. The second-order valence-electron chi connectivity index (χ2n) is 6.47. The van der Waals surface area contributed by atoms with Crippen LogP contribution in [0.2, 0.25) is 0 Å². The third-order valence-corrected chi connectivity index (χ3v) is 4.98. The van der Waals surface area contributed by atoms with Gasteiger partial charge in [0.1, 0.15) is 5.78 Å². The maximum Gasteiger partial charge on any atom is 0.133 e. The lowest BCUT2D eigenvalue weighted by molar-refractivity contribution is -0.118. The van der Waals surface area contributed by atoms with Gasteiger partial charge in [-0.1, -0.05) is 25.2 Å². The van der Waals surface area contributed by atoms with Crippen molar-refractivity contribution in [1.82, 2.24) is 0 Å². The molecular weight excluding hydrogens is 252 g/mol. The molecule has 0 radical (unpaired) electrons. The summed E-state index contributed by atoms with van der Waals surface area (Å²) in [4.78, 5) is 11.5. The number of hydrogen-bond donors (Lipinski definition) is 2. The SMILES string of the molecule is C=CCCC(C)C(O)/C=C\C1C(O)CC2CC(=O)CC21. The first-order valence-corrected chi connectivity index (χ1v) is 7.70. The number of fused-ring (bicyclic) bond motifs is 1. The molecule has 2 saturated carbocycles. The van der Waals surface area contributed by atoms with Gasteiger partial charge in [0.25, 0.3) is 0 Å². The molecule has 0 aromatic rings. The molecule has 2 aliphatic rings. The topological polar surface area (TPSA) is 57.5 Å². The Labute approximate surface area is 121 Å². The molecule has 2 N–H and O–H groups in total. The number of Topliss-reactive ketones (excluding diaryl/α,β-unsaturated/α-hetero) is 1. The zero-order chi connectivity index (χ0) is 14.7. The highest BCUT2D eigenvalue weighted by atomic mass is 16.3. The van der Waals surface area contributed by atoms with Crippen LogP contribution in [0.5, 0.6) is 0 Å². The molecule has 3 heteroatoms. The predicted octanol–water partition coefficient (Wildman–Crippen LogP) is 2.48. The minimum atomic E-state index is -0.488. The second kappa shape index (κ2) is 6.68. The normalized spacial score (nSPS) is 36.2. The molecule has 0 aliphatic heterocycles. The molecule has 0 bridgehead atoms. The van der Waals surface area contributed by atoms with Gasteiger partial charge in [0.15, 0.2) is 0 Å². The van der Waals surface area contributed by atoms with Crippen molar-refractivity contribution in [3.05, 3.63) is 24.8 Å². The number of allylic oxidation sites excluding steroid dienone is 1. The lowest BCUT2D eigenvalue weighted by Crippen LogP contribution is -2.20. The van der Waals surface area contributed by atoms with Gasteiger partial charge in [-0.05, 0) is 37.0 Å². The molecule has 112 valence electrons. The Morgan fingerprint density at radius 2 is 2.20 bits per heavy atom. The van der Waals surface area contributed by atoms with E-state index < -0.39 is 6.10 Å². The smallest absolute Gasteiger partial charge is 0.133 e. The van der Waals surface area contributed by atoms with Crippen LogP contribution in [0.15, 0.2) is 24.8 Å². The Bertz CT molecular complexity index is 388. The number of carbonyl (C=O) groups is 1. The van der Waals surface area contributed by atoms with Crippen LogP contribution in [-0.4, -0.2) is 28.2 Å². The summed E-state index contributed by atoms with van der Waals surface area (Å²) in [5.41, 5.74) is 0. The van der Waals surface area contributed by atoms with Crippen molar-refractivity contribution >= 4 is 5.78 Å². The summed E-state index contributed by atoms with van der Waals surface area (Å²) in [5, 5.41) is 20.2. The van der Waals surface area contributed by atoms with Crippen LogP contribution in [0, 0.1) is 23.7 Å². The minimum absolute atomic E-state index is 0.0349. The van der Waals surface area contributed by atoms with Crippen molar-refractivity contribution in [3.63, 3.8) is 0 Å². The van der Waals surface area contributed by atoms with E-state index in [0.717, 1.165) is 19.3 Å². The predicted molar refractivity (Wildman–Crippen MR) is 79.1 cm³/mol. The maximum atomic E-state index is 11.5. The average molecular weight is 278 g/mol. The van der Waals surface area contributed by atoms with Crippen molar-refractivity contribution in [2.24, 2.45) is 23.7 Å². The molecule has 20 heavy (non-hydrogen) atoms. The first-order chi connectivity index (χ1) is 9.52. The lowest BCUT2D eigenvalue weighted by Gasteiger charge is -2.19. The molecule has 6 unspecified atom stereocenters. The van der Waals surface area contributed by atoms with Crippen LogP contribution in [0.25, 0.3) is 0 Å². The van der Waals surface area contributed by atoms with Gasteiger partial charge in [-0.3, -0.25) is 4.79 Å². The molecule has 2 rings (SSSR count). The Morgan fingerprint density at radius 1 is 1.45 bits per heavy atom. The number of aliphatic hydroxyl groups excluding tert-OH is 2. The number of aliphatic hydroxyl groups is 2. The van der Waals surface area contributed by atoms with Crippen molar-refractivity contribution in [2.45, 2.75) is 51.2 Å². The highest BCUT2D eigenvalue weighted by Crippen LogP contribution is 2.46. The molecule has 2 aliphatic carbocycles. The van der Waals surface area contributed by atoms with E-state index in [4.69, 9.17) is 0 Å². The van der Waals surface area contributed by atoms with Gasteiger partial charge in [0.2, 0.25) is 0 Å². The number of carbonyl (C=O) groups excluding carboxylic acids is 1. The summed E-state index contributed by atoms with van der Waals surface area (Å²) >= 11 is 0. The van der Waals surface area contributed by atoms with Crippen molar-refractivity contribution in [1.29, 1.82) is 0 Å². The average Bonchev–Trinajstić information content (AvgIpc) is 2.88. The molecule has 0 aromatic heterocycles. The lowest BCUT2D eigenvalue weighted by atomic mass is 9.89. The zero-order valence-electron chi connectivity index (χ0n) is 12.2. The van der Waals surface area contributed by atoms with Crippen LogP contribution in [0.3, 0.4) is 0 Å². The zero-order valence-corrected chi connectivity index (χ0v) is 12.2. The van der Waals surface area contributed by atoms with E-state index in [1.54, 1.807) is 0 Å². The fourth-order valence-corrected chi connectivity index (χ4v) is 3.67. The van der Waals surface area contributed by atoms with Crippen molar-refractivity contribution in [3.8, 4) is 0 Å². The first-order valence-electron chi connectivity index (χ1n) is 7.70. The van der Waals surface area contributed by atoms with E-state index in [2.05, 4.69) is 6.58 Å². The number of rotatable bonds is 6. The molecule has 0 saturated heterocycles. The number of ketones is 1. The highest BCUT2D eigenvalue weighted by Gasteiger charge is 2.46. The summed E-state index contributed by atoms with van der Waals surface area (Å²) in [7, 11) is 0. The molecule has 0 heterocycles. The molecular formula is C17H26O3. The van der Waals surface area contributed by atoms with Gasteiger partial charge in [-0.2, -0.15) is 0 Å². The summed E-state index contributed by atoms with van der Waals surface area (Å²) in [5.74, 6) is 1.17. The van der Waals surface area contributed by atoms with Crippen LogP contribution in [0.1, 0.15) is 39.0 Å². The van der Waals surface area contributed by atoms with E-state index in [1.165, 1.54) is 0 Å². The molecule has 0 spiro atoms. The highest BCUT2D eigenvalue weighted by molar-refractivity contribution is 5.81. The Kier molecular flexibility index (Phi) is 5.17. The minimum Gasteiger partial charge on any atom is -0.392 e. The van der Waals surface area contributed by atoms with Crippen LogP contribution in [0.4, 0.5) is 0 Å². The van der Waals surface area contributed by atoms with Gasteiger partial charge in [0.05, 0.1) is 12.2 Å². The van der Waals surface area contributed by atoms with Gasteiger partial charge in [0, 0.05) is 18.8 Å². The van der Waals surface area contributed by atoms with Gasteiger partial charge in [-0.15, -0.1) is 6.58 Å². The molecule has 2 fully saturated rings. The second-order valence-corrected chi connectivity index (χ2v) is 6.47. The van der Waals surface area contributed by atoms with E-state index in [-0.39, 0.29) is 23.9 Å². The molecule has 0 amide bonds. The largest absolute Gasteiger partial charge is 0.392 e. The Hall–Kier alpha value is -0.930. The van der Waals surface area contributed by atoms with Gasteiger partial charge in [-0.25, -0.2) is 0 Å². The third-order valence-electron chi connectivity index (χ3n) is 4.98. The van der Waals surface area contributed by atoms with Crippen molar-refractivity contribution < 1.29 is 15.0 Å². The number of hydrogen-bond acceptors (Lipinski definition) is 3. The summed E-state index contributed by atoms with van der Waals surface area (Å²) in [6, 6.07) is 0. The fraction of sp³-hybridized carbons (Fsp3) is 0.706. The molecule has 6 atom stereocenters. The maximum absolute atomic E-state index is 11.5. The quantitative estimate of drug-likeness (QED) is 0.734. The van der Waals surface area contributed by atoms with E-state index in [1.807, 2.05) is 25.2 Å². The summed E-state index contributed by atoms with van der Waals surface area (Å²) in [6.07, 6.45) is 8.54. The van der Waals surface area contributed by atoms with Crippen LogP contribution < -0.4 is 0 Å². The van der Waals surface area contributed by atoms with Gasteiger partial charge < -0.3 is 10.2 Å². The summed E-state index contributed by atoms with van der Waals surface area (Å²) < 4.78 is 0. The first kappa shape index (κ1) is 15.5. The molecule has 3 nitrogen and oxygen atoms in total. The Morgan fingerprint density at radius 3 is 2.90 bits per heavy atom. The van der Waals surface area contributed by atoms with E-state index >= 15 is 0 Å².